The molecule has 3 rings (SSSR count). The Labute approximate surface area is 158 Å². The highest BCUT2D eigenvalue weighted by Crippen LogP contribution is 2.41. The highest BCUT2D eigenvalue weighted by Gasteiger charge is 2.63. The molecule has 27 heavy (non-hydrogen) atoms. The molecule has 0 bridgehead atoms. The van der Waals surface area contributed by atoms with Gasteiger partial charge in [-0.05, 0) is 12.5 Å². The number of methoxy groups -OCH3 is 2. The molecule has 1 aliphatic rings. The SMILES string of the molecule is COC(=O)C1(C(=O)OC)O[C@@H](c2ccc(C)cc2)O[C@H]1Cc1ccccc1. The average molecular weight is 370 g/mol. The van der Waals surface area contributed by atoms with Crippen molar-refractivity contribution in [3.05, 3.63) is 71.3 Å². The first-order chi connectivity index (χ1) is 13.0. The van der Waals surface area contributed by atoms with Gasteiger partial charge in [0.2, 0.25) is 0 Å². The predicted molar refractivity (Wildman–Crippen MR) is 96.8 cm³/mol. The largest absolute Gasteiger partial charge is 0.466 e. The van der Waals surface area contributed by atoms with E-state index in [1.807, 2.05) is 61.5 Å². The van der Waals surface area contributed by atoms with Gasteiger partial charge in [-0.25, -0.2) is 9.59 Å². The van der Waals surface area contributed by atoms with E-state index in [2.05, 4.69) is 0 Å². The van der Waals surface area contributed by atoms with Crippen molar-refractivity contribution in [3.63, 3.8) is 0 Å². The Morgan fingerprint density at radius 3 is 2.11 bits per heavy atom. The number of aryl methyl sites for hydroxylation is 1. The van der Waals surface area contributed by atoms with Crippen molar-refractivity contribution in [1.82, 2.24) is 0 Å². The molecule has 0 aliphatic carbocycles. The molecule has 0 spiro atoms. The fourth-order valence-electron chi connectivity index (χ4n) is 3.15. The number of ether oxygens (including phenoxy) is 4. The van der Waals surface area contributed by atoms with Crippen molar-refractivity contribution in [2.24, 2.45) is 0 Å². The van der Waals surface area contributed by atoms with Crippen LogP contribution >= 0.6 is 0 Å². The van der Waals surface area contributed by atoms with Crippen LogP contribution in [0.5, 0.6) is 0 Å². The number of carbonyl (C=O) groups excluding carboxylic acids is 2. The van der Waals surface area contributed by atoms with Crippen LogP contribution in [-0.4, -0.2) is 37.9 Å². The molecule has 1 heterocycles. The van der Waals surface area contributed by atoms with E-state index in [1.165, 1.54) is 14.2 Å². The molecule has 1 fully saturated rings. The first-order valence-corrected chi connectivity index (χ1v) is 8.62. The Kier molecular flexibility index (Phi) is 5.58. The molecule has 0 unspecified atom stereocenters. The fourth-order valence-corrected chi connectivity index (χ4v) is 3.15. The quantitative estimate of drug-likeness (QED) is 0.595. The molecule has 6 heteroatoms. The maximum Gasteiger partial charge on any atom is 0.353 e. The van der Waals surface area contributed by atoms with Gasteiger partial charge in [0.25, 0.3) is 5.60 Å². The van der Waals surface area contributed by atoms with Crippen molar-refractivity contribution >= 4 is 11.9 Å². The van der Waals surface area contributed by atoms with Crippen molar-refractivity contribution in [3.8, 4) is 0 Å². The summed E-state index contributed by atoms with van der Waals surface area (Å²) < 4.78 is 21.7. The molecule has 6 nitrogen and oxygen atoms in total. The Morgan fingerprint density at radius 2 is 1.56 bits per heavy atom. The zero-order valence-corrected chi connectivity index (χ0v) is 15.5. The Hall–Kier alpha value is -2.70. The van der Waals surface area contributed by atoms with Gasteiger partial charge in [-0.15, -0.1) is 0 Å². The topological polar surface area (TPSA) is 71.1 Å². The van der Waals surface area contributed by atoms with Gasteiger partial charge in [-0.3, -0.25) is 0 Å². The van der Waals surface area contributed by atoms with Crippen LogP contribution in [-0.2, 0) is 35.0 Å². The van der Waals surface area contributed by atoms with Crippen molar-refractivity contribution < 1.29 is 28.5 Å². The second-order valence-electron chi connectivity index (χ2n) is 6.39. The van der Waals surface area contributed by atoms with Crippen LogP contribution in [0.4, 0.5) is 0 Å². The van der Waals surface area contributed by atoms with E-state index >= 15 is 0 Å². The molecular formula is C21H22O6. The maximum absolute atomic E-state index is 12.6. The molecule has 1 saturated heterocycles. The van der Waals surface area contributed by atoms with Crippen LogP contribution in [0.2, 0.25) is 0 Å². The minimum Gasteiger partial charge on any atom is -0.466 e. The molecule has 0 N–H and O–H groups in total. The molecule has 2 atom stereocenters. The number of benzene rings is 2. The van der Waals surface area contributed by atoms with Crippen molar-refractivity contribution in [1.29, 1.82) is 0 Å². The van der Waals surface area contributed by atoms with Crippen LogP contribution in [0.15, 0.2) is 54.6 Å². The third-order valence-electron chi connectivity index (χ3n) is 4.62. The summed E-state index contributed by atoms with van der Waals surface area (Å²) in [4.78, 5) is 25.3. The first-order valence-electron chi connectivity index (χ1n) is 8.62. The zero-order chi connectivity index (χ0) is 19.4. The van der Waals surface area contributed by atoms with E-state index in [4.69, 9.17) is 18.9 Å². The second-order valence-corrected chi connectivity index (χ2v) is 6.39. The van der Waals surface area contributed by atoms with Crippen LogP contribution in [0.25, 0.3) is 0 Å². The van der Waals surface area contributed by atoms with Crippen LogP contribution < -0.4 is 0 Å². The summed E-state index contributed by atoms with van der Waals surface area (Å²) in [7, 11) is 2.41. The Bertz CT molecular complexity index is 783. The van der Waals surface area contributed by atoms with Crippen molar-refractivity contribution in [2.45, 2.75) is 31.3 Å². The minimum absolute atomic E-state index is 0.285. The minimum atomic E-state index is -1.99. The summed E-state index contributed by atoms with van der Waals surface area (Å²) in [5.74, 6) is -1.69. The van der Waals surface area contributed by atoms with E-state index in [0.29, 0.717) is 5.56 Å². The maximum atomic E-state index is 12.6. The van der Waals surface area contributed by atoms with Gasteiger partial charge in [-0.2, -0.15) is 0 Å². The third kappa shape index (κ3) is 3.59. The molecule has 1 aliphatic heterocycles. The van der Waals surface area contributed by atoms with Gasteiger partial charge in [0.1, 0.15) is 6.10 Å². The van der Waals surface area contributed by atoms with Crippen LogP contribution in [0, 0.1) is 6.92 Å². The zero-order valence-electron chi connectivity index (χ0n) is 15.5. The molecule has 2 aromatic carbocycles. The molecule has 0 aromatic heterocycles. The lowest BCUT2D eigenvalue weighted by Gasteiger charge is -2.26. The van der Waals surface area contributed by atoms with E-state index in [-0.39, 0.29) is 6.42 Å². The predicted octanol–water partition coefficient (Wildman–Crippen LogP) is 2.74. The second kappa shape index (κ2) is 7.90. The number of carbonyl (C=O) groups is 2. The van der Waals surface area contributed by atoms with Crippen molar-refractivity contribution in [2.75, 3.05) is 14.2 Å². The highest BCUT2D eigenvalue weighted by atomic mass is 16.8. The Balaban J connectivity index is 2.00. The number of hydrogen-bond acceptors (Lipinski definition) is 6. The van der Waals surface area contributed by atoms with Gasteiger partial charge in [0.05, 0.1) is 14.2 Å². The summed E-state index contributed by atoms with van der Waals surface area (Å²) in [5, 5.41) is 0. The third-order valence-corrected chi connectivity index (χ3v) is 4.62. The van der Waals surface area contributed by atoms with E-state index in [1.54, 1.807) is 0 Å². The normalized spacial score (nSPS) is 20.9. The summed E-state index contributed by atoms with van der Waals surface area (Å²) in [6.07, 6.45) is -1.50. The lowest BCUT2D eigenvalue weighted by Crippen LogP contribution is -2.56. The van der Waals surface area contributed by atoms with Gasteiger partial charge < -0.3 is 18.9 Å². The molecule has 142 valence electrons. The summed E-state index contributed by atoms with van der Waals surface area (Å²) in [6, 6.07) is 16.9. The summed E-state index contributed by atoms with van der Waals surface area (Å²) >= 11 is 0. The molecule has 0 amide bonds. The van der Waals surface area contributed by atoms with E-state index in [0.717, 1.165) is 11.1 Å². The fraction of sp³-hybridized carbons (Fsp3) is 0.333. The monoisotopic (exact) mass is 370 g/mol. The first kappa shape index (κ1) is 19.1. The van der Waals surface area contributed by atoms with E-state index < -0.39 is 29.9 Å². The number of rotatable bonds is 5. The van der Waals surface area contributed by atoms with Crippen LogP contribution in [0.1, 0.15) is 23.0 Å². The lowest BCUT2D eigenvalue weighted by atomic mass is 9.91. The molecule has 2 aromatic rings. The number of esters is 2. The molecule has 0 saturated carbocycles. The smallest absolute Gasteiger partial charge is 0.353 e. The molecular weight excluding hydrogens is 348 g/mol. The van der Waals surface area contributed by atoms with Gasteiger partial charge in [0, 0.05) is 12.0 Å². The van der Waals surface area contributed by atoms with Gasteiger partial charge >= 0.3 is 11.9 Å². The lowest BCUT2D eigenvalue weighted by molar-refractivity contribution is -0.188. The van der Waals surface area contributed by atoms with Gasteiger partial charge in [0.15, 0.2) is 6.29 Å². The van der Waals surface area contributed by atoms with Gasteiger partial charge in [-0.1, -0.05) is 60.2 Å². The Morgan fingerprint density at radius 1 is 0.963 bits per heavy atom. The van der Waals surface area contributed by atoms with Crippen LogP contribution in [0.3, 0.4) is 0 Å². The highest BCUT2D eigenvalue weighted by molar-refractivity contribution is 6.04. The summed E-state index contributed by atoms with van der Waals surface area (Å²) in [6.45, 7) is 1.96. The number of hydrogen-bond donors (Lipinski definition) is 0. The average Bonchev–Trinajstić information content (AvgIpc) is 3.08. The summed E-state index contributed by atoms with van der Waals surface area (Å²) in [5.41, 5.74) is 0.681. The molecule has 0 radical (unpaired) electrons. The van der Waals surface area contributed by atoms with E-state index in [9.17, 15) is 9.59 Å². The standard InChI is InChI=1S/C21H22O6/c1-14-9-11-16(12-10-14)18-26-17(13-15-7-5-4-6-8-15)21(27-18,19(22)24-2)20(23)25-3/h4-12,17-18H,13H2,1-3H3/t17-,18-/m0/s1.